The lowest BCUT2D eigenvalue weighted by atomic mass is 10.2. The average Bonchev–Trinajstić information content (AvgIpc) is 3.01. The maximum absolute atomic E-state index is 13.1. The van der Waals surface area contributed by atoms with E-state index < -0.39 is 0 Å². The Morgan fingerprint density at radius 1 is 1.38 bits per heavy atom. The van der Waals surface area contributed by atoms with E-state index in [-0.39, 0.29) is 17.3 Å². The largest absolute Gasteiger partial charge is 0.497 e. The van der Waals surface area contributed by atoms with Crippen LogP contribution in [0.2, 0.25) is 0 Å². The number of hydrogen-bond acceptors (Lipinski definition) is 7. The minimum atomic E-state index is -0.323. The standard InChI is InChI=1S/C18H20N2O4S2/c1-4-24-15(21)10-25-18-19-14-9-11(2)26-16(14)17(22)20(18)12-5-7-13(23-3)8-6-12/h5-8,11H,4,9-10H2,1-3H3/t11-/m1/s1. The van der Waals surface area contributed by atoms with Crippen LogP contribution in [0.25, 0.3) is 5.69 Å². The summed E-state index contributed by atoms with van der Waals surface area (Å²) in [6, 6.07) is 7.21. The third kappa shape index (κ3) is 3.91. The molecule has 0 fully saturated rings. The van der Waals surface area contributed by atoms with E-state index in [1.165, 1.54) is 11.8 Å². The van der Waals surface area contributed by atoms with Crippen molar-refractivity contribution in [2.75, 3.05) is 19.5 Å². The van der Waals surface area contributed by atoms with Crippen LogP contribution in [0, 0.1) is 0 Å². The first-order valence-electron chi connectivity index (χ1n) is 8.29. The number of aromatic nitrogens is 2. The van der Waals surface area contributed by atoms with Crippen molar-refractivity contribution in [1.29, 1.82) is 0 Å². The van der Waals surface area contributed by atoms with Crippen molar-refractivity contribution in [3.8, 4) is 11.4 Å². The number of benzene rings is 1. The molecule has 6 nitrogen and oxygen atoms in total. The van der Waals surface area contributed by atoms with Crippen molar-refractivity contribution < 1.29 is 14.3 Å². The molecule has 1 aliphatic rings. The van der Waals surface area contributed by atoms with Crippen LogP contribution in [-0.2, 0) is 16.0 Å². The van der Waals surface area contributed by atoms with Gasteiger partial charge in [-0.15, -0.1) is 11.8 Å². The molecular weight excluding hydrogens is 372 g/mol. The molecule has 1 aliphatic heterocycles. The SMILES string of the molecule is CCOC(=O)CSc1nc2c(c(=O)n1-c1ccc(OC)cc1)S[C@H](C)C2. The Balaban J connectivity index is 2.03. The highest BCUT2D eigenvalue weighted by molar-refractivity contribution is 8.00. The summed E-state index contributed by atoms with van der Waals surface area (Å²) >= 11 is 2.77. The molecule has 3 rings (SSSR count). The van der Waals surface area contributed by atoms with Crippen LogP contribution in [0.5, 0.6) is 5.75 Å². The van der Waals surface area contributed by atoms with Crippen molar-refractivity contribution in [1.82, 2.24) is 9.55 Å². The molecule has 1 aromatic heterocycles. The van der Waals surface area contributed by atoms with E-state index in [9.17, 15) is 9.59 Å². The lowest BCUT2D eigenvalue weighted by molar-refractivity contribution is -0.139. The smallest absolute Gasteiger partial charge is 0.316 e. The second-order valence-corrected chi connectivity index (χ2v) is 8.13. The number of fused-ring (bicyclic) bond motifs is 1. The Kier molecular flexibility index (Phi) is 5.93. The molecule has 1 atom stereocenters. The summed E-state index contributed by atoms with van der Waals surface area (Å²) in [6.07, 6.45) is 0.756. The van der Waals surface area contributed by atoms with Crippen LogP contribution < -0.4 is 10.3 Å². The highest BCUT2D eigenvalue weighted by atomic mass is 32.2. The quantitative estimate of drug-likeness (QED) is 0.425. The molecule has 2 heterocycles. The number of methoxy groups -OCH3 is 1. The number of carbonyl (C=O) groups is 1. The van der Waals surface area contributed by atoms with Crippen LogP contribution in [0.4, 0.5) is 0 Å². The van der Waals surface area contributed by atoms with Crippen molar-refractivity contribution in [3.05, 3.63) is 40.3 Å². The van der Waals surface area contributed by atoms with Crippen LogP contribution >= 0.6 is 23.5 Å². The van der Waals surface area contributed by atoms with Crippen molar-refractivity contribution in [2.45, 2.75) is 35.6 Å². The van der Waals surface area contributed by atoms with E-state index in [0.29, 0.717) is 33.3 Å². The predicted octanol–water partition coefficient (Wildman–Crippen LogP) is 2.93. The summed E-state index contributed by atoms with van der Waals surface area (Å²) in [4.78, 5) is 30.2. The van der Waals surface area contributed by atoms with Gasteiger partial charge in [-0.1, -0.05) is 18.7 Å². The van der Waals surface area contributed by atoms with E-state index in [4.69, 9.17) is 9.47 Å². The maximum Gasteiger partial charge on any atom is 0.316 e. The number of hydrogen-bond donors (Lipinski definition) is 0. The average molecular weight is 393 g/mol. The summed E-state index contributed by atoms with van der Waals surface area (Å²) in [5.41, 5.74) is 1.40. The molecule has 26 heavy (non-hydrogen) atoms. The van der Waals surface area contributed by atoms with Crippen molar-refractivity contribution >= 4 is 29.5 Å². The van der Waals surface area contributed by atoms with Gasteiger partial charge in [-0.05, 0) is 31.2 Å². The first kappa shape index (κ1) is 18.8. The number of thioether (sulfide) groups is 2. The van der Waals surface area contributed by atoms with Gasteiger partial charge in [0, 0.05) is 11.7 Å². The van der Waals surface area contributed by atoms with Gasteiger partial charge < -0.3 is 9.47 Å². The second-order valence-electron chi connectivity index (χ2n) is 5.74. The van der Waals surface area contributed by atoms with Gasteiger partial charge in [0.15, 0.2) is 5.16 Å². The minimum Gasteiger partial charge on any atom is -0.497 e. The molecule has 0 saturated heterocycles. The summed E-state index contributed by atoms with van der Waals surface area (Å²) in [5, 5.41) is 0.821. The Morgan fingerprint density at radius 2 is 2.12 bits per heavy atom. The van der Waals surface area contributed by atoms with Crippen LogP contribution in [0.15, 0.2) is 39.1 Å². The third-order valence-corrected chi connectivity index (χ3v) is 5.96. The fourth-order valence-electron chi connectivity index (χ4n) is 2.68. The molecule has 1 aromatic carbocycles. The fraction of sp³-hybridized carbons (Fsp3) is 0.389. The Labute approximate surface area is 160 Å². The molecule has 0 spiro atoms. The molecule has 8 heteroatoms. The molecule has 0 bridgehead atoms. The lowest BCUT2D eigenvalue weighted by Gasteiger charge is -2.14. The Bertz CT molecular complexity index is 865. The Morgan fingerprint density at radius 3 is 2.77 bits per heavy atom. The molecule has 2 aromatic rings. The maximum atomic E-state index is 13.1. The summed E-state index contributed by atoms with van der Waals surface area (Å²) in [6.45, 7) is 4.17. The van der Waals surface area contributed by atoms with Gasteiger partial charge in [0.2, 0.25) is 0 Å². The molecular formula is C18H20N2O4S2. The minimum absolute atomic E-state index is 0.0964. The number of carbonyl (C=O) groups excluding carboxylic acids is 1. The highest BCUT2D eigenvalue weighted by Gasteiger charge is 2.27. The molecule has 0 radical (unpaired) electrons. The lowest BCUT2D eigenvalue weighted by Crippen LogP contribution is -2.24. The molecule has 138 valence electrons. The number of nitrogens with zero attached hydrogens (tertiary/aromatic N) is 2. The van der Waals surface area contributed by atoms with E-state index in [0.717, 1.165) is 12.1 Å². The van der Waals surface area contributed by atoms with Gasteiger partial charge in [-0.25, -0.2) is 4.98 Å². The molecule has 0 amide bonds. The van der Waals surface area contributed by atoms with Crippen LogP contribution in [0.3, 0.4) is 0 Å². The van der Waals surface area contributed by atoms with Gasteiger partial charge >= 0.3 is 5.97 Å². The predicted molar refractivity (Wildman–Crippen MR) is 103 cm³/mol. The first-order chi connectivity index (χ1) is 12.5. The van der Waals surface area contributed by atoms with Crippen molar-refractivity contribution in [3.63, 3.8) is 0 Å². The third-order valence-electron chi connectivity index (χ3n) is 3.84. The number of ether oxygens (including phenoxy) is 2. The monoisotopic (exact) mass is 392 g/mol. The van der Waals surface area contributed by atoms with E-state index in [2.05, 4.69) is 11.9 Å². The zero-order valence-electron chi connectivity index (χ0n) is 14.9. The summed E-state index contributed by atoms with van der Waals surface area (Å²) in [7, 11) is 1.59. The van der Waals surface area contributed by atoms with Gasteiger partial charge in [-0.2, -0.15) is 0 Å². The van der Waals surface area contributed by atoms with Gasteiger partial charge in [-0.3, -0.25) is 14.2 Å². The van der Waals surface area contributed by atoms with Gasteiger partial charge in [0.05, 0.1) is 35.7 Å². The normalized spacial score (nSPS) is 15.6. The van der Waals surface area contributed by atoms with E-state index >= 15 is 0 Å². The van der Waals surface area contributed by atoms with E-state index in [1.807, 2.05) is 12.1 Å². The second kappa shape index (κ2) is 8.18. The fourth-order valence-corrected chi connectivity index (χ4v) is 4.61. The van der Waals surface area contributed by atoms with Crippen LogP contribution in [-0.4, -0.2) is 40.2 Å². The number of esters is 1. The van der Waals surface area contributed by atoms with Gasteiger partial charge in [0.1, 0.15) is 5.75 Å². The molecule has 0 N–H and O–H groups in total. The molecule has 0 aliphatic carbocycles. The molecule has 0 unspecified atom stereocenters. The summed E-state index contributed by atoms with van der Waals surface area (Å²) < 4.78 is 11.7. The summed E-state index contributed by atoms with van der Waals surface area (Å²) in [5.74, 6) is 0.494. The molecule has 0 saturated carbocycles. The number of rotatable bonds is 6. The topological polar surface area (TPSA) is 70.4 Å². The zero-order chi connectivity index (χ0) is 18.7. The Hall–Kier alpha value is -1.93. The first-order valence-corrected chi connectivity index (χ1v) is 10.2. The van der Waals surface area contributed by atoms with Crippen LogP contribution in [0.1, 0.15) is 19.5 Å². The van der Waals surface area contributed by atoms with E-state index in [1.54, 1.807) is 42.5 Å². The van der Waals surface area contributed by atoms with Crippen molar-refractivity contribution in [2.24, 2.45) is 0 Å². The van der Waals surface area contributed by atoms with Gasteiger partial charge in [0.25, 0.3) is 5.56 Å². The zero-order valence-corrected chi connectivity index (χ0v) is 16.5. The highest BCUT2D eigenvalue weighted by Crippen LogP contribution is 2.35.